The number of carbonyl (C=O) groups excluding carboxylic acids is 2. The zero-order chi connectivity index (χ0) is 16.3. The van der Waals surface area contributed by atoms with Gasteiger partial charge in [-0.2, -0.15) is 0 Å². The number of amides is 2. The lowest BCUT2D eigenvalue weighted by molar-refractivity contribution is -0.125. The standard InChI is InChI=1S/C15H18ClIN2O3/c1-18-14(20)9-3-5-19(6-4-9)15(21)10-7-11(16)12(17)8-13(10)22-2/h7-9H,3-6H2,1-2H3,(H,18,20). The van der Waals surface area contributed by atoms with Crippen LogP contribution in [0.1, 0.15) is 23.2 Å². The van der Waals surface area contributed by atoms with Crippen LogP contribution in [0.2, 0.25) is 5.02 Å². The van der Waals surface area contributed by atoms with Gasteiger partial charge >= 0.3 is 0 Å². The van der Waals surface area contributed by atoms with Crippen molar-refractivity contribution in [1.82, 2.24) is 10.2 Å². The second-order valence-electron chi connectivity index (χ2n) is 5.15. The zero-order valence-electron chi connectivity index (χ0n) is 12.5. The molecule has 1 N–H and O–H groups in total. The number of carbonyl (C=O) groups is 2. The summed E-state index contributed by atoms with van der Waals surface area (Å²) in [5.74, 6) is 0.441. The Labute approximate surface area is 148 Å². The molecule has 2 rings (SSSR count). The molecular formula is C15H18ClIN2O3. The van der Waals surface area contributed by atoms with Gasteiger partial charge in [0, 0.05) is 29.6 Å². The fraction of sp³-hybridized carbons (Fsp3) is 0.467. The number of ether oxygens (including phenoxy) is 1. The summed E-state index contributed by atoms with van der Waals surface area (Å²) in [6, 6.07) is 3.41. The second kappa shape index (κ2) is 7.50. The van der Waals surface area contributed by atoms with Crippen molar-refractivity contribution in [3.63, 3.8) is 0 Å². The monoisotopic (exact) mass is 436 g/mol. The Morgan fingerprint density at radius 2 is 2.00 bits per heavy atom. The molecule has 0 radical (unpaired) electrons. The molecule has 1 aliphatic heterocycles. The van der Waals surface area contributed by atoms with E-state index < -0.39 is 0 Å². The van der Waals surface area contributed by atoms with E-state index in [0.717, 1.165) is 3.57 Å². The zero-order valence-corrected chi connectivity index (χ0v) is 15.4. The van der Waals surface area contributed by atoms with Gasteiger partial charge in [-0.15, -0.1) is 0 Å². The molecule has 0 saturated carbocycles. The minimum absolute atomic E-state index is 0.0174. The van der Waals surface area contributed by atoms with Crippen LogP contribution in [0.25, 0.3) is 0 Å². The normalized spacial score (nSPS) is 15.5. The number of nitrogens with one attached hydrogen (secondary N) is 1. The minimum Gasteiger partial charge on any atom is -0.496 e. The Morgan fingerprint density at radius 3 is 2.55 bits per heavy atom. The van der Waals surface area contributed by atoms with Crippen molar-refractivity contribution in [2.24, 2.45) is 5.92 Å². The Morgan fingerprint density at radius 1 is 1.36 bits per heavy atom. The van der Waals surface area contributed by atoms with E-state index in [1.165, 1.54) is 7.11 Å². The van der Waals surface area contributed by atoms with Crippen LogP contribution in [0, 0.1) is 9.49 Å². The van der Waals surface area contributed by atoms with Gasteiger partial charge < -0.3 is 15.0 Å². The summed E-state index contributed by atoms with van der Waals surface area (Å²) in [7, 11) is 3.17. The van der Waals surface area contributed by atoms with Crippen LogP contribution in [0.15, 0.2) is 12.1 Å². The van der Waals surface area contributed by atoms with Crippen molar-refractivity contribution in [2.45, 2.75) is 12.8 Å². The van der Waals surface area contributed by atoms with E-state index in [-0.39, 0.29) is 17.7 Å². The smallest absolute Gasteiger partial charge is 0.257 e. The average Bonchev–Trinajstić information content (AvgIpc) is 2.55. The van der Waals surface area contributed by atoms with Gasteiger partial charge in [0.15, 0.2) is 0 Å². The van der Waals surface area contributed by atoms with Crippen molar-refractivity contribution in [3.8, 4) is 5.75 Å². The molecule has 0 atom stereocenters. The van der Waals surface area contributed by atoms with Crippen molar-refractivity contribution < 1.29 is 14.3 Å². The largest absolute Gasteiger partial charge is 0.496 e. The third-order valence-electron chi connectivity index (χ3n) is 3.87. The Bertz CT molecular complexity index is 586. The molecule has 2 amide bonds. The van der Waals surface area contributed by atoms with Gasteiger partial charge in [0.05, 0.1) is 17.7 Å². The summed E-state index contributed by atoms with van der Waals surface area (Å²) in [5, 5.41) is 3.19. The molecule has 7 heteroatoms. The highest BCUT2D eigenvalue weighted by molar-refractivity contribution is 14.1. The minimum atomic E-state index is -0.106. The number of piperidine rings is 1. The maximum atomic E-state index is 12.7. The van der Waals surface area contributed by atoms with Crippen LogP contribution in [-0.4, -0.2) is 44.0 Å². The van der Waals surface area contributed by atoms with Crippen LogP contribution in [0.4, 0.5) is 0 Å². The highest BCUT2D eigenvalue weighted by atomic mass is 127. The lowest BCUT2D eigenvalue weighted by atomic mass is 9.95. The summed E-state index contributed by atoms with van der Waals surface area (Å²) in [4.78, 5) is 26.1. The molecule has 0 spiro atoms. The first kappa shape index (κ1) is 17.3. The molecule has 1 saturated heterocycles. The summed E-state index contributed by atoms with van der Waals surface area (Å²) in [5.41, 5.74) is 0.464. The summed E-state index contributed by atoms with van der Waals surface area (Å²) in [6.07, 6.45) is 1.34. The summed E-state index contributed by atoms with van der Waals surface area (Å²) in [6.45, 7) is 1.12. The summed E-state index contributed by atoms with van der Waals surface area (Å²) >= 11 is 8.22. The van der Waals surface area contributed by atoms with Gasteiger partial charge in [-0.3, -0.25) is 9.59 Å². The number of hydrogen-bond donors (Lipinski definition) is 1. The van der Waals surface area contributed by atoms with Gasteiger partial charge in [0.1, 0.15) is 5.75 Å². The predicted octanol–water partition coefficient (Wildman–Crippen LogP) is 2.55. The lowest BCUT2D eigenvalue weighted by Gasteiger charge is -2.31. The number of halogens is 2. The maximum Gasteiger partial charge on any atom is 0.257 e. The molecule has 120 valence electrons. The van der Waals surface area contributed by atoms with Gasteiger partial charge in [-0.1, -0.05) is 11.6 Å². The molecule has 5 nitrogen and oxygen atoms in total. The average molecular weight is 437 g/mol. The van der Waals surface area contributed by atoms with Gasteiger partial charge in [-0.25, -0.2) is 0 Å². The molecule has 0 bridgehead atoms. The quantitative estimate of drug-likeness (QED) is 0.741. The topological polar surface area (TPSA) is 58.6 Å². The first-order chi connectivity index (χ1) is 10.5. The van der Waals surface area contributed by atoms with Crippen LogP contribution in [0.5, 0.6) is 5.75 Å². The molecule has 1 aliphatic rings. The molecule has 1 aromatic carbocycles. The van der Waals surface area contributed by atoms with Crippen molar-refractivity contribution in [1.29, 1.82) is 0 Å². The van der Waals surface area contributed by atoms with E-state index >= 15 is 0 Å². The van der Waals surface area contributed by atoms with Crippen LogP contribution in [0.3, 0.4) is 0 Å². The highest BCUT2D eigenvalue weighted by Gasteiger charge is 2.28. The van der Waals surface area contributed by atoms with Crippen LogP contribution >= 0.6 is 34.2 Å². The van der Waals surface area contributed by atoms with E-state index in [4.69, 9.17) is 16.3 Å². The number of rotatable bonds is 3. The van der Waals surface area contributed by atoms with Gasteiger partial charge in [-0.05, 0) is 47.6 Å². The number of methoxy groups -OCH3 is 1. The van der Waals surface area contributed by atoms with Crippen molar-refractivity contribution >= 4 is 46.0 Å². The number of benzene rings is 1. The molecular weight excluding hydrogens is 419 g/mol. The molecule has 1 aromatic rings. The van der Waals surface area contributed by atoms with Gasteiger partial charge in [0.2, 0.25) is 5.91 Å². The third kappa shape index (κ3) is 3.65. The van der Waals surface area contributed by atoms with Crippen LogP contribution < -0.4 is 10.1 Å². The number of likely N-dealkylation sites (tertiary alicyclic amines) is 1. The van der Waals surface area contributed by atoms with E-state index in [0.29, 0.717) is 42.3 Å². The molecule has 1 fully saturated rings. The number of hydrogen-bond acceptors (Lipinski definition) is 3. The molecule has 1 heterocycles. The highest BCUT2D eigenvalue weighted by Crippen LogP contribution is 2.30. The van der Waals surface area contributed by atoms with Crippen LogP contribution in [-0.2, 0) is 4.79 Å². The first-order valence-corrected chi connectivity index (χ1v) is 8.47. The Hall–Kier alpha value is -1.02. The molecule has 0 aromatic heterocycles. The van der Waals surface area contributed by atoms with Crippen molar-refractivity contribution in [2.75, 3.05) is 27.2 Å². The van der Waals surface area contributed by atoms with Gasteiger partial charge in [0.25, 0.3) is 5.91 Å². The first-order valence-electron chi connectivity index (χ1n) is 7.01. The number of nitrogens with zero attached hydrogens (tertiary/aromatic N) is 1. The maximum absolute atomic E-state index is 12.7. The van der Waals surface area contributed by atoms with E-state index in [9.17, 15) is 9.59 Å². The van der Waals surface area contributed by atoms with E-state index in [1.54, 1.807) is 24.1 Å². The Kier molecular flexibility index (Phi) is 5.91. The van der Waals surface area contributed by atoms with Crippen molar-refractivity contribution in [3.05, 3.63) is 26.3 Å². The van der Waals surface area contributed by atoms with E-state index in [1.807, 2.05) is 0 Å². The predicted molar refractivity (Wildman–Crippen MR) is 93.4 cm³/mol. The second-order valence-corrected chi connectivity index (χ2v) is 6.72. The Balaban J connectivity index is 2.13. The summed E-state index contributed by atoms with van der Waals surface area (Å²) < 4.78 is 6.13. The fourth-order valence-corrected chi connectivity index (χ4v) is 3.19. The molecule has 22 heavy (non-hydrogen) atoms. The SMILES string of the molecule is CNC(=O)C1CCN(C(=O)c2cc(Cl)c(I)cc2OC)CC1. The molecule has 0 unspecified atom stereocenters. The fourth-order valence-electron chi connectivity index (χ4n) is 2.58. The lowest BCUT2D eigenvalue weighted by Crippen LogP contribution is -2.42. The third-order valence-corrected chi connectivity index (χ3v) is 5.40. The molecule has 0 aliphatic carbocycles. The van der Waals surface area contributed by atoms with E-state index in [2.05, 4.69) is 27.9 Å².